The Morgan fingerprint density at radius 2 is 2.06 bits per heavy atom. The summed E-state index contributed by atoms with van der Waals surface area (Å²) in [4.78, 5) is 13.9. The Labute approximate surface area is 108 Å². The minimum Gasteiger partial charge on any atom is -0.338 e. The maximum absolute atomic E-state index is 12.0. The minimum absolute atomic E-state index is 0.253. The van der Waals surface area contributed by atoms with Gasteiger partial charge in [-0.25, -0.2) is 0 Å². The molecule has 1 aromatic carbocycles. The van der Waals surface area contributed by atoms with Crippen LogP contribution in [0.3, 0.4) is 0 Å². The van der Waals surface area contributed by atoms with Crippen molar-refractivity contribution in [1.82, 2.24) is 4.90 Å². The molecular weight excluding hydrogens is 224 g/mol. The highest BCUT2D eigenvalue weighted by Crippen LogP contribution is 2.19. The second-order valence-corrected chi connectivity index (χ2v) is 5.06. The Kier molecular flexibility index (Phi) is 3.99. The Bertz CT molecular complexity index is 458. The standard InChI is InChI=1S/C15H18N2O/c1-12-2-7-15(18)17(9-8-12)11-14-5-3-13(10-16)4-6-14/h3-6,12H,2,7-9,11H2,1H3. The van der Waals surface area contributed by atoms with E-state index in [9.17, 15) is 4.79 Å². The van der Waals surface area contributed by atoms with E-state index < -0.39 is 0 Å². The first-order valence-corrected chi connectivity index (χ1v) is 6.46. The largest absolute Gasteiger partial charge is 0.338 e. The summed E-state index contributed by atoms with van der Waals surface area (Å²) in [5.74, 6) is 0.892. The maximum atomic E-state index is 12.0. The van der Waals surface area contributed by atoms with Crippen molar-refractivity contribution in [2.75, 3.05) is 6.54 Å². The van der Waals surface area contributed by atoms with Crippen molar-refractivity contribution >= 4 is 5.91 Å². The first-order chi connectivity index (χ1) is 8.69. The fraction of sp³-hybridized carbons (Fsp3) is 0.467. The third-order valence-corrected chi connectivity index (χ3v) is 3.55. The molecule has 1 amide bonds. The monoisotopic (exact) mass is 242 g/mol. The van der Waals surface area contributed by atoms with Gasteiger partial charge < -0.3 is 4.90 Å². The number of benzene rings is 1. The molecule has 0 bridgehead atoms. The van der Waals surface area contributed by atoms with E-state index in [-0.39, 0.29) is 5.91 Å². The SMILES string of the molecule is CC1CCC(=O)N(Cc2ccc(C#N)cc2)CC1. The summed E-state index contributed by atoms with van der Waals surface area (Å²) in [5, 5.41) is 8.74. The number of rotatable bonds is 2. The zero-order valence-electron chi connectivity index (χ0n) is 10.7. The van der Waals surface area contributed by atoms with E-state index in [0.29, 0.717) is 24.4 Å². The number of nitriles is 1. The predicted octanol–water partition coefficient (Wildman–Crippen LogP) is 2.71. The minimum atomic E-state index is 0.253. The van der Waals surface area contributed by atoms with E-state index in [1.807, 2.05) is 17.0 Å². The quantitative estimate of drug-likeness (QED) is 0.800. The number of hydrogen-bond acceptors (Lipinski definition) is 2. The summed E-state index contributed by atoms with van der Waals surface area (Å²) in [6.07, 6.45) is 2.75. The Hall–Kier alpha value is -1.82. The molecule has 1 atom stereocenters. The van der Waals surface area contributed by atoms with E-state index in [1.54, 1.807) is 12.1 Å². The number of carbonyl (C=O) groups is 1. The molecule has 1 aromatic rings. The number of nitrogens with zero attached hydrogens (tertiary/aromatic N) is 2. The van der Waals surface area contributed by atoms with Crippen LogP contribution in [0.15, 0.2) is 24.3 Å². The molecule has 3 heteroatoms. The van der Waals surface area contributed by atoms with Gasteiger partial charge in [0, 0.05) is 19.5 Å². The van der Waals surface area contributed by atoms with Crippen LogP contribution in [0.2, 0.25) is 0 Å². The van der Waals surface area contributed by atoms with Crippen molar-refractivity contribution in [2.24, 2.45) is 5.92 Å². The maximum Gasteiger partial charge on any atom is 0.222 e. The van der Waals surface area contributed by atoms with Crippen LogP contribution in [0.5, 0.6) is 0 Å². The molecule has 0 aromatic heterocycles. The van der Waals surface area contributed by atoms with Crippen LogP contribution < -0.4 is 0 Å². The molecule has 0 radical (unpaired) electrons. The third kappa shape index (κ3) is 3.10. The van der Waals surface area contributed by atoms with Crippen LogP contribution in [-0.2, 0) is 11.3 Å². The lowest BCUT2D eigenvalue weighted by molar-refractivity contribution is -0.131. The average molecular weight is 242 g/mol. The number of amides is 1. The van der Waals surface area contributed by atoms with Gasteiger partial charge in [0.05, 0.1) is 11.6 Å². The second kappa shape index (κ2) is 5.68. The van der Waals surface area contributed by atoms with E-state index in [0.717, 1.165) is 24.9 Å². The van der Waals surface area contributed by atoms with Crippen LogP contribution >= 0.6 is 0 Å². The molecule has 2 rings (SSSR count). The lowest BCUT2D eigenvalue weighted by atomic mass is 10.0. The molecule has 1 fully saturated rings. The zero-order chi connectivity index (χ0) is 13.0. The Morgan fingerprint density at radius 3 is 2.72 bits per heavy atom. The summed E-state index contributed by atoms with van der Waals surface area (Å²) >= 11 is 0. The van der Waals surface area contributed by atoms with Gasteiger partial charge in [-0.15, -0.1) is 0 Å². The van der Waals surface area contributed by atoms with E-state index >= 15 is 0 Å². The zero-order valence-corrected chi connectivity index (χ0v) is 10.7. The highest BCUT2D eigenvalue weighted by Gasteiger charge is 2.19. The molecular formula is C15H18N2O. The van der Waals surface area contributed by atoms with Crippen molar-refractivity contribution in [3.63, 3.8) is 0 Å². The van der Waals surface area contributed by atoms with E-state index in [1.165, 1.54) is 0 Å². The van der Waals surface area contributed by atoms with Crippen LogP contribution in [0.4, 0.5) is 0 Å². The van der Waals surface area contributed by atoms with Gasteiger partial charge in [-0.1, -0.05) is 19.1 Å². The fourth-order valence-corrected chi connectivity index (χ4v) is 2.25. The van der Waals surface area contributed by atoms with Gasteiger partial charge in [0.15, 0.2) is 0 Å². The lowest BCUT2D eigenvalue weighted by Crippen LogP contribution is -2.29. The molecule has 1 heterocycles. The topological polar surface area (TPSA) is 44.1 Å². The highest BCUT2D eigenvalue weighted by atomic mass is 16.2. The van der Waals surface area contributed by atoms with Crippen LogP contribution in [0, 0.1) is 17.2 Å². The number of hydrogen-bond donors (Lipinski definition) is 0. The van der Waals surface area contributed by atoms with E-state index in [4.69, 9.17) is 5.26 Å². The van der Waals surface area contributed by atoms with E-state index in [2.05, 4.69) is 13.0 Å². The molecule has 1 aliphatic rings. The molecule has 0 aliphatic carbocycles. The van der Waals surface area contributed by atoms with Crippen molar-refractivity contribution in [1.29, 1.82) is 5.26 Å². The Morgan fingerprint density at radius 1 is 1.33 bits per heavy atom. The molecule has 0 N–H and O–H groups in total. The summed E-state index contributed by atoms with van der Waals surface area (Å²) < 4.78 is 0. The van der Waals surface area contributed by atoms with Crippen molar-refractivity contribution in [3.8, 4) is 6.07 Å². The van der Waals surface area contributed by atoms with Crippen LogP contribution in [0.25, 0.3) is 0 Å². The fourth-order valence-electron chi connectivity index (χ4n) is 2.25. The molecule has 0 spiro atoms. The molecule has 1 aliphatic heterocycles. The van der Waals surface area contributed by atoms with Crippen LogP contribution in [-0.4, -0.2) is 17.4 Å². The molecule has 94 valence electrons. The van der Waals surface area contributed by atoms with Gasteiger partial charge in [0.25, 0.3) is 0 Å². The van der Waals surface area contributed by atoms with Crippen molar-refractivity contribution < 1.29 is 4.79 Å². The molecule has 0 saturated carbocycles. The number of likely N-dealkylation sites (tertiary alicyclic amines) is 1. The Balaban J connectivity index is 2.03. The summed E-state index contributed by atoms with van der Waals surface area (Å²) in [6.45, 7) is 3.72. The van der Waals surface area contributed by atoms with Gasteiger partial charge in [0.1, 0.15) is 0 Å². The van der Waals surface area contributed by atoms with Crippen molar-refractivity contribution in [3.05, 3.63) is 35.4 Å². The van der Waals surface area contributed by atoms with Gasteiger partial charge in [-0.2, -0.15) is 5.26 Å². The highest BCUT2D eigenvalue weighted by molar-refractivity contribution is 5.76. The summed E-state index contributed by atoms with van der Waals surface area (Å²) in [5.41, 5.74) is 1.76. The average Bonchev–Trinajstić information content (AvgIpc) is 2.55. The second-order valence-electron chi connectivity index (χ2n) is 5.06. The van der Waals surface area contributed by atoms with Gasteiger partial charge in [-0.05, 0) is 36.5 Å². The third-order valence-electron chi connectivity index (χ3n) is 3.55. The molecule has 1 unspecified atom stereocenters. The van der Waals surface area contributed by atoms with Crippen molar-refractivity contribution in [2.45, 2.75) is 32.7 Å². The smallest absolute Gasteiger partial charge is 0.222 e. The molecule has 18 heavy (non-hydrogen) atoms. The van der Waals surface area contributed by atoms with Gasteiger partial charge in [0.2, 0.25) is 5.91 Å². The van der Waals surface area contributed by atoms with Crippen LogP contribution in [0.1, 0.15) is 37.3 Å². The van der Waals surface area contributed by atoms with Gasteiger partial charge >= 0.3 is 0 Å². The normalized spacial score (nSPS) is 20.3. The summed E-state index contributed by atoms with van der Waals surface area (Å²) in [6, 6.07) is 9.57. The predicted molar refractivity (Wildman–Crippen MR) is 69.6 cm³/mol. The first-order valence-electron chi connectivity index (χ1n) is 6.46. The number of carbonyl (C=O) groups excluding carboxylic acids is 1. The molecule has 1 saturated heterocycles. The first kappa shape index (κ1) is 12.6. The summed E-state index contributed by atoms with van der Waals surface area (Å²) in [7, 11) is 0. The lowest BCUT2D eigenvalue weighted by Gasteiger charge is -2.20. The van der Waals surface area contributed by atoms with Gasteiger partial charge in [-0.3, -0.25) is 4.79 Å². The molecule has 3 nitrogen and oxygen atoms in total.